The Morgan fingerprint density at radius 3 is 2.81 bits per heavy atom. The first-order valence-electron chi connectivity index (χ1n) is 8.22. The van der Waals surface area contributed by atoms with Crippen LogP contribution in [-0.4, -0.2) is 19.3 Å². The van der Waals surface area contributed by atoms with Gasteiger partial charge in [0.05, 0.1) is 7.11 Å². The minimum absolute atomic E-state index is 0.0794. The quantitative estimate of drug-likeness (QED) is 0.752. The lowest BCUT2D eigenvalue weighted by molar-refractivity contribution is 0.0441. The smallest absolute Gasteiger partial charge is 0.125 e. The summed E-state index contributed by atoms with van der Waals surface area (Å²) in [5, 5.41) is 3.72. The van der Waals surface area contributed by atoms with E-state index in [1.807, 2.05) is 12.1 Å². The molecule has 1 aliphatic rings. The Kier molecular flexibility index (Phi) is 5.51. The second kappa shape index (κ2) is 7.17. The van der Waals surface area contributed by atoms with Crippen LogP contribution in [0.15, 0.2) is 18.2 Å². The maximum Gasteiger partial charge on any atom is 0.125 e. The Morgan fingerprint density at radius 2 is 2.14 bits per heavy atom. The number of nitrogens with one attached hydrogen (secondary N) is 1. The molecule has 0 saturated carbocycles. The van der Waals surface area contributed by atoms with Gasteiger partial charge in [0.25, 0.3) is 0 Å². The summed E-state index contributed by atoms with van der Waals surface area (Å²) in [7, 11) is 1.71. The second-order valence-electron chi connectivity index (χ2n) is 6.23. The number of unbranched alkanes of at least 4 members (excludes halogenated alkanes) is 2. The van der Waals surface area contributed by atoms with Crippen LogP contribution in [0.2, 0.25) is 0 Å². The summed E-state index contributed by atoms with van der Waals surface area (Å²) < 4.78 is 11.6. The molecule has 1 aromatic carbocycles. The fourth-order valence-electron chi connectivity index (χ4n) is 2.92. The van der Waals surface area contributed by atoms with E-state index < -0.39 is 0 Å². The van der Waals surface area contributed by atoms with E-state index in [4.69, 9.17) is 9.47 Å². The van der Waals surface area contributed by atoms with Gasteiger partial charge in [0.2, 0.25) is 0 Å². The highest BCUT2D eigenvalue weighted by Crippen LogP contribution is 2.42. The molecule has 2 atom stereocenters. The van der Waals surface area contributed by atoms with Crippen LogP contribution in [0.4, 0.5) is 0 Å². The molecule has 1 aliphatic heterocycles. The fraction of sp³-hybridized carbons (Fsp3) is 0.667. The normalized spacial score (nSPS) is 24.3. The van der Waals surface area contributed by atoms with Gasteiger partial charge in [-0.2, -0.15) is 0 Å². The van der Waals surface area contributed by atoms with E-state index in [2.05, 4.69) is 32.2 Å². The molecule has 0 aromatic heterocycles. The van der Waals surface area contributed by atoms with Crippen molar-refractivity contribution in [2.75, 3.05) is 13.7 Å². The summed E-state index contributed by atoms with van der Waals surface area (Å²) in [6, 6.07) is 6.49. The molecule has 0 bridgehead atoms. The van der Waals surface area contributed by atoms with Gasteiger partial charge in [-0.1, -0.05) is 26.7 Å². The maximum absolute atomic E-state index is 6.23. The Bertz CT molecular complexity index is 461. The van der Waals surface area contributed by atoms with Crippen molar-refractivity contribution in [3.63, 3.8) is 0 Å². The lowest BCUT2D eigenvalue weighted by Crippen LogP contribution is -2.41. The van der Waals surface area contributed by atoms with Crippen LogP contribution in [0.3, 0.4) is 0 Å². The van der Waals surface area contributed by atoms with E-state index in [9.17, 15) is 0 Å². The first kappa shape index (κ1) is 16.2. The fourth-order valence-corrected chi connectivity index (χ4v) is 2.92. The topological polar surface area (TPSA) is 30.5 Å². The molecular weight excluding hydrogens is 262 g/mol. The van der Waals surface area contributed by atoms with E-state index in [0.29, 0.717) is 6.04 Å². The second-order valence-corrected chi connectivity index (χ2v) is 6.23. The number of rotatable bonds is 7. The zero-order valence-electron chi connectivity index (χ0n) is 13.9. The molecule has 3 heteroatoms. The third-order valence-corrected chi connectivity index (χ3v) is 4.50. The molecule has 2 rings (SSSR count). The first-order valence-corrected chi connectivity index (χ1v) is 8.22. The van der Waals surface area contributed by atoms with Crippen molar-refractivity contribution in [2.45, 2.75) is 64.5 Å². The highest BCUT2D eigenvalue weighted by molar-refractivity contribution is 5.44. The molecule has 0 aliphatic carbocycles. The predicted octanol–water partition coefficient (Wildman–Crippen LogP) is 4.47. The maximum atomic E-state index is 6.23. The van der Waals surface area contributed by atoms with Crippen molar-refractivity contribution >= 4 is 0 Å². The van der Waals surface area contributed by atoms with Gasteiger partial charge in [-0.05, 0) is 44.5 Å². The third-order valence-electron chi connectivity index (χ3n) is 4.50. The van der Waals surface area contributed by atoms with Crippen molar-refractivity contribution in [3.05, 3.63) is 23.8 Å². The Hall–Kier alpha value is -1.22. The van der Waals surface area contributed by atoms with Crippen LogP contribution in [0, 0.1) is 0 Å². The van der Waals surface area contributed by atoms with Crippen LogP contribution in [0.25, 0.3) is 0 Å². The molecule has 2 unspecified atom stereocenters. The zero-order chi connectivity index (χ0) is 15.3. The Morgan fingerprint density at radius 1 is 1.33 bits per heavy atom. The molecule has 3 nitrogen and oxygen atoms in total. The number of ether oxygens (including phenoxy) is 2. The first-order chi connectivity index (χ1) is 10.1. The minimum atomic E-state index is -0.0794. The van der Waals surface area contributed by atoms with E-state index in [1.165, 1.54) is 24.8 Å². The number of methoxy groups -OCH3 is 1. The molecular formula is C18H29NO2. The van der Waals surface area contributed by atoms with Gasteiger partial charge in [-0.3, -0.25) is 0 Å². The number of hydrogen-bond acceptors (Lipinski definition) is 3. The summed E-state index contributed by atoms with van der Waals surface area (Å²) in [6.45, 7) is 7.71. The molecule has 1 heterocycles. The minimum Gasteiger partial charge on any atom is -0.497 e. The highest BCUT2D eigenvalue weighted by atomic mass is 16.5. The van der Waals surface area contributed by atoms with Crippen LogP contribution >= 0.6 is 0 Å². The molecule has 1 N–H and O–H groups in total. The molecule has 118 valence electrons. The van der Waals surface area contributed by atoms with Gasteiger partial charge < -0.3 is 14.8 Å². The summed E-state index contributed by atoms with van der Waals surface area (Å²) in [5.41, 5.74) is 1.15. The van der Waals surface area contributed by atoms with Gasteiger partial charge in [0, 0.05) is 18.0 Å². The average Bonchev–Trinajstić information content (AvgIpc) is 2.51. The molecule has 21 heavy (non-hydrogen) atoms. The third kappa shape index (κ3) is 3.91. The molecule has 0 amide bonds. The van der Waals surface area contributed by atoms with E-state index in [-0.39, 0.29) is 5.60 Å². The highest BCUT2D eigenvalue weighted by Gasteiger charge is 2.35. The summed E-state index contributed by atoms with van der Waals surface area (Å²) >= 11 is 0. The molecule has 0 radical (unpaired) electrons. The monoisotopic (exact) mass is 291 g/mol. The van der Waals surface area contributed by atoms with Crippen LogP contribution in [-0.2, 0) is 0 Å². The largest absolute Gasteiger partial charge is 0.497 e. The number of benzene rings is 1. The lowest BCUT2D eigenvalue weighted by atomic mass is 9.86. The molecule has 1 aromatic rings. The van der Waals surface area contributed by atoms with Crippen LogP contribution < -0.4 is 14.8 Å². The van der Waals surface area contributed by atoms with Gasteiger partial charge in [-0.15, -0.1) is 0 Å². The standard InChI is InChI=1S/C18H29NO2/c1-5-7-8-11-19-16-13-18(3,6-2)21-17-10-9-14(20-4)12-15(16)17/h9-10,12,16,19H,5-8,11,13H2,1-4H3. The predicted molar refractivity (Wildman–Crippen MR) is 87.2 cm³/mol. The zero-order valence-corrected chi connectivity index (χ0v) is 13.9. The van der Waals surface area contributed by atoms with Crippen molar-refractivity contribution in [1.82, 2.24) is 5.32 Å². The van der Waals surface area contributed by atoms with Gasteiger partial charge in [-0.25, -0.2) is 0 Å². The van der Waals surface area contributed by atoms with Gasteiger partial charge >= 0.3 is 0 Å². The van der Waals surface area contributed by atoms with Crippen molar-refractivity contribution in [2.24, 2.45) is 0 Å². The number of hydrogen-bond donors (Lipinski definition) is 1. The lowest BCUT2D eigenvalue weighted by Gasteiger charge is -2.40. The van der Waals surface area contributed by atoms with E-state index in [1.54, 1.807) is 7.11 Å². The van der Waals surface area contributed by atoms with Crippen molar-refractivity contribution < 1.29 is 9.47 Å². The van der Waals surface area contributed by atoms with Crippen molar-refractivity contribution in [1.29, 1.82) is 0 Å². The Labute approximate surface area is 129 Å². The van der Waals surface area contributed by atoms with E-state index in [0.717, 1.165) is 30.9 Å². The van der Waals surface area contributed by atoms with E-state index >= 15 is 0 Å². The summed E-state index contributed by atoms with van der Waals surface area (Å²) in [4.78, 5) is 0. The van der Waals surface area contributed by atoms with Gasteiger partial charge in [0.1, 0.15) is 17.1 Å². The Balaban J connectivity index is 2.17. The molecule has 0 saturated heterocycles. The van der Waals surface area contributed by atoms with Crippen LogP contribution in [0.5, 0.6) is 11.5 Å². The van der Waals surface area contributed by atoms with Crippen molar-refractivity contribution in [3.8, 4) is 11.5 Å². The SMILES string of the molecule is CCCCCNC1CC(C)(CC)Oc2ccc(OC)cc21. The summed E-state index contributed by atoms with van der Waals surface area (Å²) in [6.07, 6.45) is 5.80. The molecule has 0 fully saturated rings. The van der Waals surface area contributed by atoms with Gasteiger partial charge in [0.15, 0.2) is 0 Å². The number of fused-ring (bicyclic) bond motifs is 1. The average molecular weight is 291 g/mol. The van der Waals surface area contributed by atoms with Crippen LogP contribution in [0.1, 0.15) is 64.5 Å². The molecule has 0 spiro atoms. The summed E-state index contributed by atoms with van der Waals surface area (Å²) in [5.74, 6) is 1.90.